The molecular formula is C11H9BrF3NO3S. The average Bonchev–Trinajstić information content (AvgIpc) is 2.93. The molecule has 1 N–H and O–H groups in total. The van der Waals surface area contributed by atoms with Crippen molar-refractivity contribution in [2.45, 2.75) is 12.6 Å². The third-order valence-corrected chi connectivity index (χ3v) is 4.83. The monoisotopic (exact) mass is 371 g/mol. The van der Waals surface area contributed by atoms with Crippen molar-refractivity contribution < 1.29 is 27.9 Å². The second kappa shape index (κ2) is 5.03. The number of nitrogens with zero attached hydrogens (tertiary/aromatic N) is 1. The SMILES string of the molecule is O=C(c1csc(Br)c1)N1CCC(C(=O)O)(C(F)(F)F)C1. The van der Waals surface area contributed by atoms with Crippen molar-refractivity contribution in [3.05, 3.63) is 20.8 Å². The molecule has 1 atom stereocenters. The van der Waals surface area contributed by atoms with Crippen LogP contribution in [0.4, 0.5) is 13.2 Å². The highest BCUT2D eigenvalue weighted by Gasteiger charge is 2.64. The Morgan fingerprint density at radius 2 is 2.10 bits per heavy atom. The van der Waals surface area contributed by atoms with Crippen molar-refractivity contribution in [1.29, 1.82) is 0 Å². The lowest BCUT2D eigenvalue weighted by molar-refractivity contribution is -0.227. The summed E-state index contributed by atoms with van der Waals surface area (Å²) >= 11 is 4.39. The lowest BCUT2D eigenvalue weighted by atomic mass is 9.86. The van der Waals surface area contributed by atoms with Gasteiger partial charge in [-0.15, -0.1) is 11.3 Å². The second-order valence-electron chi connectivity index (χ2n) is 4.50. The Hall–Kier alpha value is -1.09. The number of carboxylic acid groups (broad SMARTS) is 1. The molecule has 20 heavy (non-hydrogen) atoms. The van der Waals surface area contributed by atoms with E-state index in [0.29, 0.717) is 3.79 Å². The lowest BCUT2D eigenvalue weighted by Crippen LogP contribution is -2.47. The van der Waals surface area contributed by atoms with Crippen LogP contribution in [0.1, 0.15) is 16.8 Å². The standard InChI is InChI=1S/C11H9BrF3NO3S/c12-7-3-6(4-20-7)8(17)16-2-1-10(5-16,9(18)19)11(13,14)15/h3-4H,1-2,5H2,(H,18,19). The molecule has 1 unspecified atom stereocenters. The first kappa shape index (κ1) is 15.3. The molecule has 1 saturated heterocycles. The number of carbonyl (C=O) groups is 2. The van der Waals surface area contributed by atoms with E-state index in [2.05, 4.69) is 15.9 Å². The second-order valence-corrected chi connectivity index (χ2v) is 6.79. The Labute approximate surface area is 124 Å². The van der Waals surface area contributed by atoms with Crippen molar-refractivity contribution in [2.75, 3.05) is 13.1 Å². The summed E-state index contributed by atoms with van der Waals surface area (Å²) in [6, 6.07) is 1.50. The molecule has 2 heterocycles. The van der Waals surface area contributed by atoms with E-state index in [1.165, 1.54) is 22.8 Å². The summed E-state index contributed by atoms with van der Waals surface area (Å²) in [7, 11) is 0. The van der Waals surface area contributed by atoms with Gasteiger partial charge >= 0.3 is 12.1 Å². The van der Waals surface area contributed by atoms with Gasteiger partial charge in [-0.25, -0.2) is 0 Å². The highest BCUT2D eigenvalue weighted by Crippen LogP contribution is 2.46. The van der Waals surface area contributed by atoms with E-state index < -0.39 is 36.4 Å². The Bertz CT molecular complexity index is 559. The lowest BCUT2D eigenvalue weighted by Gasteiger charge is -2.27. The number of alkyl halides is 3. The highest BCUT2D eigenvalue weighted by molar-refractivity contribution is 9.11. The molecule has 1 aromatic rings. The minimum Gasteiger partial charge on any atom is -0.481 e. The van der Waals surface area contributed by atoms with E-state index in [4.69, 9.17) is 5.11 Å². The third kappa shape index (κ3) is 2.44. The molecular weight excluding hydrogens is 363 g/mol. The van der Waals surface area contributed by atoms with Gasteiger partial charge in [0.15, 0.2) is 5.41 Å². The van der Waals surface area contributed by atoms with E-state index in [1.54, 1.807) is 0 Å². The van der Waals surface area contributed by atoms with E-state index in [-0.39, 0.29) is 12.1 Å². The number of carboxylic acids is 1. The summed E-state index contributed by atoms with van der Waals surface area (Å²) in [6.07, 6.45) is -5.51. The molecule has 0 saturated carbocycles. The first-order valence-corrected chi connectivity index (χ1v) is 7.18. The van der Waals surface area contributed by atoms with Gasteiger partial charge in [0.05, 0.1) is 9.35 Å². The van der Waals surface area contributed by atoms with Crippen LogP contribution in [0, 0.1) is 5.41 Å². The highest BCUT2D eigenvalue weighted by atomic mass is 79.9. The van der Waals surface area contributed by atoms with Gasteiger partial charge in [-0.05, 0) is 28.4 Å². The third-order valence-electron chi connectivity index (χ3n) is 3.32. The number of carbonyl (C=O) groups excluding carboxylic acids is 1. The molecule has 110 valence electrons. The summed E-state index contributed by atoms with van der Waals surface area (Å²) < 4.78 is 39.6. The molecule has 1 fully saturated rings. The van der Waals surface area contributed by atoms with Crippen LogP contribution in [-0.4, -0.2) is 41.1 Å². The Kier molecular flexibility index (Phi) is 3.85. The van der Waals surface area contributed by atoms with Gasteiger partial charge < -0.3 is 10.0 Å². The summed E-state index contributed by atoms with van der Waals surface area (Å²) in [5, 5.41) is 10.4. The van der Waals surface area contributed by atoms with Crippen LogP contribution < -0.4 is 0 Å². The van der Waals surface area contributed by atoms with Crippen molar-refractivity contribution in [2.24, 2.45) is 5.41 Å². The maximum absolute atomic E-state index is 13.0. The molecule has 1 aliphatic rings. The summed E-state index contributed by atoms with van der Waals surface area (Å²) in [5.41, 5.74) is -2.61. The number of hydrogen-bond acceptors (Lipinski definition) is 3. The summed E-state index contributed by atoms with van der Waals surface area (Å²) in [4.78, 5) is 24.0. The minimum absolute atomic E-state index is 0.224. The van der Waals surface area contributed by atoms with Crippen LogP contribution >= 0.6 is 27.3 Å². The smallest absolute Gasteiger partial charge is 0.406 e. The van der Waals surface area contributed by atoms with Gasteiger partial charge in [0.1, 0.15) is 0 Å². The van der Waals surface area contributed by atoms with Crippen LogP contribution in [0.2, 0.25) is 0 Å². The van der Waals surface area contributed by atoms with Crippen LogP contribution in [0.3, 0.4) is 0 Å². The van der Waals surface area contributed by atoms with Gasteiger partial charge in [0.25, 0.3) is 5.91 Å². The van der Waals surface area contributed by atoms with E-state index in [1.807, 2.05) is 0 Å². The molecule has 0 bridgehead atoms. The number of thiophene rings is 1. The molecule has 0 aliphatic carbocycles. The van der Waals surface area contributed by atoms with E-state index in [9.17, 15) is 22.8 Å². The largest absolute Gasteiger partial charge is 0.481 e. The molecule has 1 aromatic heterocycles. The van der Waals surface area contributed by atoms with Gasteiger partial charge in [-0.1, -0.05) is 0 Å². The number of rotatable bonds is 2. The summed E-state index contributed by atoms with van der Waals surface area (Å²) in [5.74, 6) is -2.52. The summed E-state index contributed by atoms with van der Waals surface area (Å²) in [6.45, 7) is -1.07. The minimum atomic E-state index is -4.89. The Morgan fingerprint density at radius 3 is 2.50 bits per heavy atom. The van der Waals surface area contributed by atoms with Gasteiger partial charge in [-0.3, -0.25) is 9.59 Å². The molecule has 0 spiro atoms. The predicted molar refractivity (Wildman–Crippen MR) is 68.7 cm³/mol. The Morgan fingerprint density at radius 1 is 1.45 bits per heavy atom. The van der Waals surface area contributed by atoms with E-state index in [0.717, 1.165) is 4.90 Å². The van der Waals surface area contributed by atoms with E-state index >= 15 is 0 Å². The molecule has 0 aromatic carbocycles. The van der Waals surface area contributed by atoms with Crippen LogP contribution in [-0.2, 0) is 4.79 Å². The van der Waals surface area contributed by atoms with Crippen molar-refractivity contribution in [1.82, 2.24) is 4.90 Å². The molecule has 1 aliphatic heterocycles. The fourth-order valence-corrected chi connectivity index (χ4v) is 3.25. The zero-order valence-corrected chi connectivity index (χ0v) is 12.3. The number of aliphatic carboxylic acids is 1. The van der Waals surface area contributed by atoms with Crippen molar-refractivity contribution in [3.63, 3.8) is 0 Å². The number of halogens is 4. The van der Waals surface area contributed by atoms with Crippen LogP contribution in [0.5, 0.6) is 0 Å². The molecule has 4 nitrogen and oxygen atoms in total. The fraction of sp³-hybridized carbons (Fsp3) is 0.455. The predicted octanol–water partition coefficient (Wildman–Crippen LogP) is 2.99. The van der Waals surface area contributed by atoms with Crippen molar-refractivity contribution >= 4 is 39.1 Å². The average molecular weight is 372 g/mol. The molecule has 9 heteroatoms. The topological polar surface area (TPSA) is 57.6 Å². The first-order chi connectivity index (χ1) is 9.17. The van der Waals surface area contributed by atoms with Gasteiger partial charge in [-0.2, -0.15) is 13.2 Å². The van der Waals surface area contributed by atoms with Crippen molar-refractivity contribution in [3.8, 4) is 0 Å². The Balaban J connectivity index is 2.23. The van der Waals surface area contributed by atoms with Gasteiger partial charge in [0.2, 0.25) is 0 Å². The van der Waals surface area contributed by atoms with Crippen LogP contribution in [0.25, 0.3) is 0 Å². The maximum atomic E-state index is 13.0. The zero-order valence-electron chi connectivity index (χ0n) is 9.91. The molecule has 2 rings (SSSR count). The first-order valence-electron chi connectivity index (χ1n) is 5.51. The normalized spacial score (nSPS) is 23.1. The number of amides is 1. The number of likely N-dealkylation sites (tertiary alicyclic amines) is 1. The quantitative estimate of drug-likeness (QED) is 0.869. The van der Waals surface area contributed by atoms with Crippen LogP contribution in [0.15, 0.2) is 15.2 Å². The molecule has 1 amide bonds. The fourth-order valence-electron chi connectivity index (χ4n) is 2.12. The maximum Gasteiger partial charge on any atom is 0.406 e. The zero-order chi connectivity index (χ0) is 15.1. The van der Waals surface area contributed by atoms with Gasteiger partial charge in [0, 0.05) is 18.5 Å². The molecule has 0 radical (unpaired) electrons. The number of hydrogen-bond donors (Lipinski definition) is 1.